The fourth-order valence-electron chi connectivity index (χ4n) is 1.28. The number of nitrogens with zero attached hydrogens (tertiary/aromatic N) is 1. The fraction of sp³-hybridized carbons (Fsp3) is 0.273. The van der Waals surface area contributed by atoms with Crippen molar-refractivity contribution in [3.05, 3.63) is 35.8 Å². The van der Waals surface area contributed by atoms with Gasteiger partial charge in [-0.15, -0.1) is 0 Å². The second-order valence-corrected chi connectivity index (χ2v) is 3.26. The number of hydrogen-bond donors (Lipinski definition) is 3. The smallest absolute Gasteiger partial charge is 0.339 e. The van der Waals surface area contributed by atoms with Crippen LogP contribution in [0.4, 0.5) is 0 Å². The number of carbonyl (C=O) groups is 1. The Hall–Kier alpha value is -2.08. The molecule has 0 saturated carbocycles. The van der Waals surface area contributed by atoms with Crippen molar-refractivity contribution in [2.24, 2.45) is 10.7 Å². The quantitative estimate of drug-likeness (QED) is 0.462. The topological polar surface area (TPSA) is 96.9 Å². The molecule has 0 aliphatic carbocycles. The van der Waals surface area contributed by atoms with Gasteiger partial charge >= 0.3 is 5.97 Å². The molecule has 0 atom stereocenters. The van der Waals surface area contributed by atoms with Crippen LogP contribution in [0.3, 0.4) is 0 Å². The first-order valence-corrected chi connectivity index (χ1v) is 5.01. The summed E-state index contributed by atoms with van der Waals surface area (Å²) in [6, 6.07) is 0. The van der Waals surface area contributed by atoms with Crippen LogP contribution in [0, 0.1) is 0 Å². The first-order chi connectivity index (χ1) is 8.19. The number of allylic oxidation sites excluding steroid dienone is 1. The molecule has 4 N–H and O–H groups in total. The summed E-state index contributed by atoms with van der Waals surface area (Å²) in [7, 11) is 1.47. The summed E-state index contributed by atoms with van der Waals surface area (Å²) in [6.45, 7) is 0.817. The average molecular weight is 237 g/mol. The molecule has 0 unspecified atom stereocenters. The SMILES string of the molecule is COCC(=NC1=CNCC=C1)/C(=C\N)C(=O)O. The standard InChI is InChI=1S/C11H15N3O3/c1-17-7-10(9(5-12)11(15)16)14-8-3-2-4-13-6-8/h2-3,5-6,13H,4,7,12H2,1H3,(H,15,16)/b9-5+,14-10?. The van der Waals surface area contributed by atoms with E-state index in [9.17, 15) is 4.79 Å². The van der Waals surface area contributed by atoms with E-state index in [1.165, 1.54) is 7.11 Å². The van der Waals surface area contributed by atoms with Gasteiger partial charge in [-0.05, 0) is 6.08 Å². The third kappa shape index (κ3) is 3.76. The van der Waals surface area contributed by atoms with Gasteiger partial charge in [-0.2, -0.15) is 0 Å². The van der Waals surface area contributed by atoms with Crippen LogP contribution in [0.15, 0.2) is 40.8 Å². The molecular weight excluding hydrogens is 222 g/mol. The molecule has 0 saturated heterocycles. The van der Waals surface area contributed by atoms with E-state index in [4.69, 9.17) is 15.6 Å². The molecule has 1 rings (SSSR count). The Morgan fingerprint density at radius 3 is 3.00 bits per heavy atom. The largest absolute Gasteiger partial charge is 0.478 e. The van der Waals surface area contributed by atoms with Gasteiger partial charge in [0.25, 0.3) is 0 Å². The van der Waals surface area contributed by atoms with Crippen molar-refractivity contribution >= 4 is 11.7 Å². The maximum atomic E-state index is 11.0. The van der Waals surface area contributed by atoms with Gasteiger partial charge in [0.1, 0.15) is 0 Å². The lowest BCUT2D eigenvalue weighted by atomic mass is 10.1. The van der Waals surface area contributed by atoms with Gasteiger partial charge in [0, 0.05) is 26.1 Å². The van der Waals surface area contributed by atoms with Gasteiger partial charge in [0.05, 0.1) is 23.6 Å². The molecule has 1 aliphatic rings. The lowest BCUT2D eigenvalue weighted by molar-refractivity contribution is -0.132. The highest BCUT2D eigenvalue weighted by Crippen LogP contribution is 2.07. The molecule has 1 aliphatic heterocycles. The summed E-state index contributed by atoms with van der Waals surface area (Å²) in [5, 5.41) is 11.9. The first kappa shape index (κ1) is 13.0. The highest BCUT2D eigenvalue weighted by Gasteiger charge is 2.15. The second-order valence-electron chi connectivity index (χ2n) is 3.26. The number of carboxylic acid groups (broad SMARTS) is 1. The maximum Gasteiger partial charge on any atom is 0.339 e. The summed E-state index contributed by atoms with van der Waals surface area (Å²) >= 11 is 0. The normalized spacial score (nSPS) is 16.4. The fourth-order valence-corrected chi connectivity index (χ4v) is 1.28. The monoisotopic (exact) mass is 237 g/mol. The minimum atomic E-state index is -1.13. The van der Waals surface area contributed by atoms with Crippen LogP contribution in [0.25, 0.3) is 0 Å². The number of dihydropyridines is 1. The molecule has 0 aromatic carbocycles. The highest BCUT2D eigenvalue weighted by atomic mass is 16.5. The number of methoxy groups -OCH3 is 1. The zero-order chi connectivity index (χ0) is 12.7. The molecule has 1 heterocycles. The number of nitrogens with one attached hydrogen (secondary N) is 1. The van der Waals surface area contributed by atoms with E-state index in [1.54, 1.807) is 12.3 Å². The average Bonchev–Trinajstić information content (AvgIpc) is 2.31. The van der Waals surface area contributed by atoms with E-state index < -0.39 is 5.97 Å². The van der Waals surface area contributed by atoms with Crippen LogP contribution in [0.5, 0.6) is 0 Å². The Balaban J connectivity index is 2.99. The molecule has 6 nitrogen and oxygen atoms in total. The molecule has 0 bridgehead atoms. The van der Waals surface area contributed by atoms with E-state index in [0.717, 1.165) is 12.7 Å². The summed E-state index contributed by atoms with van der Waals surface area (Å²) < 4.78 is 4.92. The molecule has 6 heteroatoms. The van der Waals surface area contributed by atoms with E-state index in [1.807, 2.05) is 6.08 Å². The van der Waals surface area contributed by atoms with Gasteiger partial charge in [-0.1, -0.05) is 6.08 Å². The molecule has 0 fully saturated rings. The highest BCUT2D eigenvalue weighted by molar-refractivity contribution is 6.20. The Morgan fingerprint density at radius 1 is 1.76 bits per heavy atom. The minimum absolute atomic E-state index is 0.0632. The zero-order valence-corrected chi connectivity index (χ0v) is 9.51. The Kier molecular flexibility index (Phi) is 4.96. The lowest BCUT2D eigenvalue weighted by Gasteiger charge is -2.09. The van der Waals surface area contributed by atoms with Crippen molar-refractivity contribution in [2.75, 3.05) is 20.3 Å². The van der Waals surface area contributed by atoms with Gasteiger partial charge in [0.15, 0.2) is 0 Å². The van der Waals surface area contributed by atoms with Gasteiger partial charge < -0.3 is 20.9 Å². The second kappa shape index (κ2) is 6.49. The molecule has 0 spiro atoms. The molecule has 17 heavy (non-hydrogen) atoms. The predicted octanol–water partition coefficient (Wildman–Crippen LogP) is 0.00180. The van der Waals surface area contributed by atoms with Crippen molar-refractivity contribution in [2.45, 2.75) is 0 Å². The third-order valence-electron chi connectivity index (χ3n) is 2.03. The van der Waals surface area contributed by atoms with Crippen LogP contribution in [-0.4, -0.2) is 37.0 Å². The molecule has 92 valence electrons. The van der Waals surface area contributed by atoms with E-state index in [-0.39, 0.29) is 17.9 Å². The van der Waals surface area contributed by atoms with Crippen molar-refractivity contribution in [1.82, 2.24) is 5.32 Å². The van der Waals surface area contributed by atoms with Crippen LogP contribution < -0.4 is 11.1 Å². The zero-order valence-electron chi connectivity index (χ0n) is 9.51. The van der Waals surface area contributed by atoms with Crippen molar-refractivity contribution in [1.29, 1.82) is 0 Å². The van der Waals surface area contributed by atoms with Crippen LogP contribution >= 0.6 is 0 Å². The summed E-state index contributed by atoms with van der Waals surface area (Å²) in [6.07, 6.45) is 6.39. The van der Waals surface area contributed by atoms with Crippen LogP contribution in [0.1, 0.15) is 0 Å². The van der Waals surface area contributed by atoms with Crippen LogP contribution in [-0.2, 0) is 9.53 Å². The first-order valence-electron chi connectivity index (χ1n) is 5.01. The molecular formula is C11H15N3O3. The predicted molar refractivity (Wildman–Crippen MR) is 64.4 cm³/mol. The van der Waals surface area contributed by atoms with Gasteiger partial charge in [-0.25, -0.2) is 9.79 Å². The third-order valence-corrected chi connectivity index (χ3v) is 2.03. The maximum absolute atomic E-state index is 11.0. The Bertz CT molecular complexity index is 408. The number of hydrogen-bond acceptors (Lipinski definition) is 5. The van der Waals surface area contributed by atoms with Gasteiger partial charge in [-0.3, -0.25) is 0 Å². The summed E-state index contributed by atoms with van der Waals surface area (Å²) in [5.74, 6) is -1.13. The number of aliphatic imine (C=N–C) groups is 1. The Morgan fingerprint density at radius 2 is 2.53 bits per heavy atom. The molecule has 0 amide bonds. The summed E-state index contributed by atoms with van der Waals surface area (Å²) in [4.78, 5) is 15.1. The van der Waals surface area contributed by atoms with E-state index >= 15 is 0 Å². The number of ether oxygens (including phenoxy) is 1. The molecule has 0 aromatic heterocycles. The van der Waals surface area contributed by atoms with Crippen molar-refractivity contribution in [3.63, 3.8) is 0 Å². The minimum Gasteiger partial charge on any atom is -0.478 e. The lowest BCUT2D eigenvalue weighted by Crippen LogP contribution is -2.19. The van der Waals surface area contributed by atoms with Crippen LogP contribution in [0.2, 0.25) is 0 Å². The molecule has 0 radical (unpaired) electrons. The number of nitrogens with two attached hydrogens (primary N) is 1. The summed E-state index contributed by atoms with van der Waals surface area (Å²) in [5.41, 5.74) is 6.12. The van der Waals surface area contributed by atoms with E-state index in [0.29, 0.717) is 5.70 Å². The number of carboxylic acids is 1. The Labute approximate surface area is 99.2 Å². The van der Waals surface area contributed by atoms with Crippen molar-refractivity contribution < 1.29 is 14.6 Å². The molecule has 0 aromatic rings. The van der Waals surface area contributed by atoms with Crippen molar-refractivity contribution in [3.8, 4) is 0 Å². The van der Waals surface area contributed by atoms with E-state index in [2.05, 4.69) is 10.3 Å². The number of aliphatic carboxylic acids is 1. The van der Waals surface area contributed by atoms with Gasteiger partial charge in [0.2, 0.25) is 0 Å². The number of rotatable bonds is 5.